The maximum Gasteiger partial charge on any atom is 0.253 e. The van der Waals surface area contributed by atoms with Crippen LogP contribution in [0.5, 0.6) is 11.5 Å². The van der Waals surface area contributed by atoms with Crippen molar-refractivity contribution in [2.45, 2.75) is 26.8 Å². The van der Waals surface area contributed by atoms with Crippen LogP contribution in [0.4, 0.5) is 11.4 Å². The quantitative estimate of drug-likeness (QED) is 0.642. The number of anilines is 2. The Morgan fingerprint density at radius 1 is 1.10 bits per heavy atom. The molecule has 0 saturated heterocycles. The van der Waals surface area contributed by atoms with E-state index in [9.17, 15) is 18.0 Å². The molecule has 3 rings (SSSR count). The van der Waals surface area contributed by atoms with Crippen LogP contribution < -0.4 is 24.4 Å². The maximum absolute atomic E-state index is 12.8. The number of hydrogen-bond donors (Lipinski definition) is 2. The number of rotatable bonds is 8. The minimum atomic E-state index is -3.76. The molecule has 0 aromatic heterocycles. The van der Waals surface area contributed by atoms with Gasteiger partial charge in [-0.15, -0.1) is 0 Å². The highest BCUT2D eigenvalue weighted by molar-refractivity contribution is 7.92. The Morgan fingerprint density at radius 2 is 1.81 bits per heavy atom. The zero-order valence-corrected chi connectivity index (χ0v) is 18.4. The second-order valence-electron chi connectivity index (χ2n) is 7.17. The van der Waals surface area contributed by atoms with Gasteiger partial charge in [0.15, 0.2) is 11.5 Å². The minimum absolute atomic E-state index is 0.0506. The van der Waals surface area contributed by atoms with Gasteiger partial charge in [0.25, 0.3) is 5.91 Å². The molecule has 2 N–H and O–H groups in total. The summed E-state index contributed by atoms with van der Waals surface area (Å²) in [6.07, 6.45) is 0. The summed E-state index contributed by atoms with van der Waals surface area (Å²) >= 11 is 0. The summed E-state index contributed by atoms with van der Waals surface area (Å²) in [5.41, 5.74) is 0.870. The number of ether oxygens (including phenoxy) is 2. The number of carbonyl (C=O) groups is 2. The number of nitrogens with zero attached hydrogens (tertiary/aromatic N) is 1. The molecular weight excluding hydrogens is 422 g/mol. The number of nitrogens with one attached hydrogen (secondary N) is 2. The fourth-order valence-electron chi connectivity index (χ4n) is 3.00. The van der Waals surface area contributed by atoms with E-state index in [1.807, 2.05) is 13.8 Å². The van der Waals surface area contributed by atoms with E-state index < -0.39 is 22.5 Å². The molecule has 1 aliphatic rings. The van der Waals surface area contributed by atoms with Gasteiger partial charge in [0, 0.05) is 12.1 Å². The number of hydrogen-bond acceptors (Lipinski definition) is 6. The molecule has 2 aromatic carbocycles. The van der Waals surface area contributed by atoms with Gasteiger partial charge in [0.1, 0.15) is 6.54 Å². The normalized spacial score (nSPS) is 12.5. The number of fused-ring (bicyclic) bond motifs is 1. The molecule has 0 saturated carbocycles. The third-order valence-corrected chi connectivity index (χ3v) is 6.24. The number of para-hydroxylation sites is 1. The lowest BCUT2D eigenvalue weighted by molar-refractivity contribution is -0.114. The summed E-state index contributed by atoms with van der Waals surface area (Å²) in [4.78, 5) is 25.2. The van der Waals surface area contributed by atoms with Crippen LogP contribution in [0.3, 0.4) is 0 Å². The van der Waals surface area contributed by atoms with Crippen molar-refractivity contribution in [2.24, 2.45) is 0 Å². The molecule has 2 aromatic rings. The zero-order chi connectivity index (χ0) is 22.6. The Labute approximate surface area is 181 Å². The van der Waals surface area contributed by atoms with Crippen molar-refractivity contribution in [3.8, 4) is 11.5 Å². The van der Waals surface area contributed by atoms with Crippen molar-refractivity contribution >= 4 is 33.2 Å². The topological polar surface area (TPSA) is 114 Å². The summed E-state index contributed by atoms with van der Waals surface area (Å²) < 4.78 is 37.0. The lowest BCUT2D eigenvalue weighted by Gasteiger charge is -2.24. The summed E-state index contributed by atoms with van der Waals surface area (Å²) in [5.74, 6) is -0.196. The van der Waals surface area contributed by atoms with Gasteiger partial charge in [-0.05, 0) is 45.0 Å². The number of carbonyl (C=O) groups excluding carboxylic acids is 2. The molecule has 0 bridgehead atoms. The third-order valence-electron chi connectivity index (χ3n) is 4.50. The molecule has 166 valence electrons. The first-order chi connectivity index (χ1) is 14.7. The smallest absolute Gasteiger partial charge is 0.253 e. The van der Waals surface area contributed by atoms with Crippen molar-refractivity contribution in [3.63, 3.8) is 0 Å². The Bertz CT molecular complexity index is 1080. The fraction of sp³-hybridized carbons (Fsp3) is 0.333. The molecule has 0 atom stereocenters. The van der Waals surface area contributed by atoms with E-state index in [1.54, 1.807) is 36.4 Å². The lowest BCUT2D eigenvalue weighted by Crippen LogP contribution is -2.39. The van der Waals surface area contributed by atoms with E-state index in [0.29, 0.717) is 17.2 Å². The van der Waals surface area contributed by atoms with Crippen molar-refractivity contribution in [1.29, 1.82) is 0 Å². The standard InChI is InChI=1S/C21H25N3O6S/c1-4-31(27,28)24(15-9-10-18-19(11-15)30-13-29-18)12-20(25)23-17-8-6-5-7-16(17)21(26)22-14(2)3/h5-11,14H,4,12-13H2,1-3H3,(H,22,26)(H,23,25). The molecule has 2 amide bonds. The van der Waals surface area contributed by atoms with Gasteiger partial charge < -0.3 is 20.1 Å². The summed E-state index contributed by atoms with van der Waals surface area (Å²) in [6.45, 7) is 4.75. The van der Waals surface area contributed by atoms with Crippen LogP contribution in [0, 0.1) is 0 Å². The largest absolute Gasteiger partial charge is 0.454 e. The first-order valence-electron chi connectivity index (χ1n) is 9.81. The van der Waals surface area contributed by atoms with Gasteiger partial charge in [-0.25, -0.2) is 8.42 Å². The summed E-state index contributed by atoms with van der Waals surface area (Å²) in [6, 6.07) is 11.1. The van der Waals surface area contributed by atoms with Gasteiger partial charge in [0.05, 0.1) is 22.7 Å². The van der Waals surface area contributed by atoms with Gasteiger partial charge in [-0.1, -0.05) is 12.1 Å². The van der Waals surface area contributed by atoms with Gasteiger partial charge in [-0.3, -0.25) is 13.9 Å². The van der Waals surface area contributed by atoms with Gasteiger partial charge in [0.2, 0.25) is 22.7 Å². The van der Waals surface area contributed by atoms with Crippen LogP contribution in [0.15, 0.2) is 42.5 Å². The summed E-state index contributed by atoms with van der Waals surface area (Å²) in [5, 5.41) is 5.43. The van der Waals surface area contributed by atoms with Crippen LogP contribution >= 0.6 is 0 Å². The first kappa shape index (κ1) is 22.4. The van der Waals surface area contributed by atoms with Crippen LogP contribution in [0.1, 0.15) is 31.1 Å². The number of benzene rings is 2. The fourth-order valence-corrected chi connectivity index (χ4v) is 4.06. The third kappa shape index (κ3) is 5.26. The monoisotopic (exact) mass is 447 g/mol. The zero-order valence-electron chi connectivity index (χ0n) is 17.5. The van der Waals surface area contributed by atoms with Crippen molar-refractivity contribution in [2.75, 3.05) is 28.7 Å². The molecule has 9 nitrogen and oxygen atoms in total. The highest BCUT2D eigenvalue weighted by Crippen LogP contribution is 2.36. The van der Waals surface area contributed by atoms with E-state index in [1.165, 1.54) is 13.0 Å². The lowest BCUT2D eigenvalue weighted by atomic mass is 10.1. The first-order valence-corrected chi connectivity index (χ1v) is 11.4. The average Bonchev–Trinajstić information content (AvgIpc) is 3.19. The van der Waals surface area contributed by atoms with Crippen molar-refractivity contribution < 1.29 is 27.5 Å². The molecule has 1 heterocycles. The van der Waals surface area contributed by atoms with E-state index in [0.717, 1.165) is 4.31 Å². The molecule has 0 radical (unpaired) electrons. The Morgan fingerprint density at radius 3 is 2.52 bits per heavy atom. The molecular formula is C21H25N3O6S. The molecule has 1 aliphatic heterocycles. The Hall–Kier alpha value is -3.27. The SMILES string of the molecule is CCS(=O)(=O)N(CC(=O)Nc1ccccc1C(=O)NC(C)C)c1ccc2c(c1)OCO2. The predicted octanol–water partition coefficient (Wildman–Crippen LogP) is 2.35. The maximum atomic E-state index is 12.8. The predicted molar refractivity (Wildman–Crippen MR) is 117 cm³/mol. The Kier molecular flexibility index (Phi) is 6.69. The van der Waals surface area contributed by atoms with Crippen LogP contribution in [0.2, 0.25) is 0 Å². The highest BCUT2D eigenvalue weighted by Gasteiger charge is 2.26. The van der Waals surface area contributed by atoms with Crippen molar-refractivity contribution in [3.05, 3.63) is 48.0 Å². The Balaban J connectivity index is 1.84. The molecule has 10 heteroatoms. The summed E-state index contributed by atoms with van der Waals surface area (Å²) in [7, 11) is -3.76. The van der Waals surface area contributed by atoms with Gasteiger partial charge in [-0.2, -0.15) is 0 Å². The van der Waals surface area contributed by atoms with E-state index in [4.69, 9.17) is 9.47 Å². The van der Waals surface area contributed by atoms with E-state index in [2.05, 4.69) is 10.6 Å². The number of amides is 2. The van der Waals surface area contributed by atoms with Crippen LogP contribution in [-0.4, -0.2) is 45.4 Å². The van der Waals surface area contributed by atoms with E-state index in [-0.39, 0.29) is 35.7 Å². The molecule has 31 heavy (non-hydrogen) atoms. The molecule has 0 unspecified atom stereocenters. The van der Waals surface area contributed by atoms with E-state index >= 15 is 0 Å². The number of sulfonamides is 1. The second kappa shape index (κ2) is 9.25. The highest BCUT2D eigenvalue weighted by atomic mass is 32.2. The minimum Gasteiger partial charge on any atom is -0.454 e. The van der Waals surface area contributed by atoms with Crippen molar-refractivity contribution in [1.82, 2.24) is 5.32 Å². The van der Waals surface area contributed by atoms with Gasteiger partial charge >= 0.3 is 0 Å². The average molecular weight is 448 g/mol. The van der Waals surface area contributed by atoms with Crippen LogP contribution in [0.25, 0.3) is 0 Å². The molecule has 0 spiro atoms. The molecule has 0 fully saturated rings. The second-order valence-corrected chi connectivity index (χ2v) is 9.35. The van der Waals surface area contributed by atoms with Crippen LogP contribution in [-0.2, 0) is 14.8 Å². The molecule has 0 aliphatic carbocycles.